The molecule has 2 aromatic rings. The summed E-state index contributed by atoms with van der Waals surface area (Å²) in [6.45, 7) is 0.509. The summed E-state index contributed by atoms with van der Waals surface area (Å²) >= 11 is 0. The third kappa shape index (κ3) is 5.05. The van der Waals surface area contributed by atoms with Crippen molar-refractivity contribution in [2.75, 3.05) is 39.6 Å². The number of carbonyl (C=O) groups is 2. The molecule has 1 aliphatic heterocycles. The predicted molar refractivity (Wildman–Crippen MR) is 118 cm³/mol. The van der Waals surface area contributed by atoms with Crippen LogP contribution in [0.5, 0.6) is 5.75 Å². The van der Waals surface area contributed by atoms with Crippen molar-refractivity contribution in [3.05, 3.63) is 54.1 Å². The Hall–Kier alpha value is -2.91. The molecular weight excluding hydrogens is 418 g/mol. The first-order valence-electron chi connectivity index (χ1n) is 10.00. The Morgan fingerprint density at radius 2 is 1.65 bits per heavy atom. The Kier molecular flexibility index (Phi) is 6.97. The van der Waals surface area contributed by atoms with Crippen LogP contribution in [0.2, 0.25) is 0 Å². The summed E-state index contributed by atoms with van der Waals surface area (Å²) in [5.41, 5.74) is 0.875. The van der Waals surface area contributed by atoms with Crippen molar-refractivity contribution in [2.24, 2.45) is 5.92 Å². The van der Waals surface area contributed by atoms with Crippen LogP contribution in [0.1, 0.15) is 23.2 Å². The number of hydrogen-bond donors (Lipinski definition) is 1. The number of nitrogens with zero attached hydrogens (tertiary/aromatic N) is 2. The fourth-order valence-corrected chi connectivity index (χ4v) is 4.98. The molecule has 9 heteroatoms. The average Bonchev–Trinajstić information content (AvgIpc) is 2.79. The third-order valence-electron chi connectivity index (χ3n) is 5.34. The lowest BCUT2D eigenvalue weighted by molar-refractivity contribution is -0.120. The number of benzene rings is 2. The van der Waals surface area contributed by atoms with Gasteiger partial charge in [-0.2, -0.15) is 4.31 Å². The van der Waals surface area contributed by atoms with Crippen LogP contribution < -0.4 is 10.1 Å². The maximum Gasteiger partial charge on any atom is 0.255 e. The van der Waals surface area contributed by atoms with Gasteiger partial charge in [-0.15, -0.1) is 0 Å². The van der Waals surface area contributed by atoms with Crippen LogP contribution in [-0.2, 0) is 14.8 Å². The molecule has 3 rings (SSSR count). The van der Waals surface area contributed by atoms with Crippen molar-refractivity contribution >= 4 is 27.5 Å². The molecule has 1 fully saturated rings. The fraction of sp³-hybridized carbons (Fsp3) is 0.364. The van der Waals surface area contributed by atoms with E-state index in [4.69, 9.17) is 4.74 Å². The quantitative estimate of drug-likeness (QED) is 0.737. The first kappa shape index (κ1) is 22.8. The first-order chi connectivity index (χ1) is 14.7. The highest BCUT2D eigenvalue weighted by molar-refractivity contribution is 7.89. The van der Waals surface area contributed by atoms with Crippen LogP contribution in [0.15, 0.2) is 53.4 Å². The molecule has 0 aliphatic carbocycles. The summed E-state index contributed by atoms with van der Waals surface area (Å²) in [5, 5.41) is 2.85. The van der Waals surface area contributed by atoms with Gasteiger partial charge in [0.15, 0.2) is 0 Å². The Labute approximate surface area is 182 Å². The van der Waals surface area contributed by atoms with E-state index >= 15 is 0 Å². The number of sulfonamides is 1. The lowest BCUT2D eigenvalue weighted by Crippen LogP contribution is -2.41. The van der Waals surface area contributed by atoms with Gasteiger partial charge in [0.1, 0.15) is 5.75 Å². The molecule has 2 amide bonds. The van der Waals surface area contributed by atoms with Gasteiger partial charge in [0.25, 0.3) is 5.91 Å². The fourth-order valence-electron chi connectivity index (χ4n) is 3.51. The maximum atomic E-state index is 12.9. The number of para-hydroxylation sites is 1. The summed E-state index contributed by atoms with van der Waals surface area (Å²) in [5.74, 6) is -0.149. The number of carbonyl (C=O) groups excluding carboxylic acids is 2. The van der Waals surface area contributed by atoms with Crippen LogP contribution >= 0.6 is 0 Å². The number of amides is 2. The lowest BCUT2D eigenvalue weighted by atomic mass is 9.97. The Morgan fingerprint density at radius 1 is 1.03 bits per heavy atom. The predicted octanol–water partition coefficient (Wildman–Crippen LogP) is 2.44. The summed E-state index contributed by atoms with van der Waals surface area (Å²) in [7, 11) is 1.20. The summed E-state index contributed by atoms with van der Waals surface area (Å²) in [6, 6.07) is 13.1. The molecule has 0 unspecified atom stereocenters. The molecule has 166 valence electrons. The zero-order chi connectivity index (χ0) is 22.6. The van der Waals surface area contributed by atoms with Crippen molar-refractivity contribution < 1.29 is 22.7 Å². The second kappa shape index (κ2) is 9.49. The van der Waals surface area contributed by atoms with Gasteiger partial charge in [0.2, 0.25) is 15.9 Å². The van der Waals surface area contributed by atoms with Gasteiger partial charge in [-0.25, -0.2) is 8.42 Å². The molecule has 8 nitrogen and oxygen atoms in total. The van der Waals surface area contributed by atoms with E-state index < -0.39 is 10.0 Å². The number of nitrogens with one attached hydrogen (secondary N) is 1. The van der Waals surface area contributed by atoms with Gasteiger partial charge in [-0.3, -0.25) is 9.59 Å². The Balaban J connectivity index is 1.64. The molecule has 0 saturated carbocycles. The molecule has 0 spiro atoms. The average molecular weight is 446 g/mol. The van der Waals surface area contributed by atoms with Crippen LogP contribution in [0.4, 0.5) is 5.69 Å². The molecule has 1 aliphatic rings. The van der Waals surface area contributed by atoms with Gasteiger partial charge < -0.3 is 15.0 Å². The minimum absolute atomic E-state index is 0.198. The Bertz CT molecular complexity index is 1040. The SMILES string of the molecule is COc1ccc(S(=O)(=O)N2CCC(C(=O)Nc3ccccc3C(=O)N(C)C)CC2)cc1. The zero-order valence-electron chi connectivity index (χ0n) is 17.9. The van der Waals surface area contributed by atoms with Crippen molar-refractivity contribution in [1.29, 1.82) is 0 Å². The smallest absolute Gasteiger partial charge is 0.255 e. The van der Waals surface area contributed by atoms with Crippen LogP contribution in [0.25, 0.3) is 0 Å². The topological polar surface area (TPSA) is 96.0 Å². The van der Waals surface area contributed by atoms with Gasteiger partial charge in [0, 0.05) is 33.1 Å². The van der Waals surface area contributed by atoms with Crippen molar-refractivity contribution in [1.82, 2.24) is 9.21 Å². The molecule has 1 N–H and O–H groups in total. The van der Waals surface area contributed by atoms with E-state index in [1.807, 2.05) is 0 Å². The van der Waals surface area contributed by atoms with Crippen LogP contribution in [0.3, 0.4) is 0 Å². The zero-order valence-corrected chi connectivity index (χ0v) is 18.7. The molecule has 31 heavy (non-hydrogen) atoms. The van der Waals surface area contributed by atoms with Crippen LogP contribution in [0, 0.1) is 5.92 Å². The number of anilines is 1. The standard InChI is InChI=1S/C22H27N3O5S/c1-24(2)22(27)19-6-4-5-7-20(19)23-21(26)16-12-14-25(15-13-16)31(28,29)18-10-8-17(30-3)9-11-18/h4-11,16H,12-15H2,1-3H3,(H,23,26). The van der Waals surface area contributed by atoms with E-state index in [0.29, 0.717) is 29.8 Å². The largest absolute Gasteiger partial charge is 0.497 e. The number of rotatable bonds is 6. The van der Waals surface area contributed by atoms with E-state index in [1.165, 1.54) is 28.4 Å². The number of hydrogen-bond acceptors (Lipinski definition) is 5. The summed E-state index contributed by atoms with van der Waals surface area (Å²) in [4.78, 5) is 26.8. The van der Waals surface area contributed by atoms with E-state index in [9.17, 15) is 18.0 Å². The molecule has 1 heterocycles. The lowest BCUT2D eigenvalue weighted by Gasteiger charge is -2.30. The van der Waals surface area contributed by atoms with E-state index in [0.717, 1.165) is 0 Å². The van der Waals surface area contributed by atoms with Gasteiger partial charge >= 0.3 is 0 Å². The molecule has 0 bridgehead atoms. The first-order valence-corrected chi connectivity index (χ1v) is 11.4. The number of ether oxygens (including phenoxy) is 1. The van der Waals surface area contributed by atoms with Crippen LogP contribution in [-0.4, -0.2) is 63.7 Å². The molecule has 2 aromatic carbocycles. The molecule has 0 aromatic heterocycles. The van der Waals surface area contributed by atoms with Gasteiger partial charge in [0.05, 0.1) is 23.3 Å². The van der Waals surface area contributed by atoms with Crippen molar-refractivity contribution in [3.63, 3.8) is 0 Å². The molecule has 0 atom stereocenters. The second-order valence-corrected chi connectivity index (χ2v) is 9.53. The van der Waals surface area contributed by atoms with Crippen molar-refractivity contribution in [2.45, 2.75) is 17.7 Å². The normalized spacial score (nSPS) is 15.3. The monoisotopic (exact) mass is 445 g/mol. The minimum atomic E-state index is -3.63. The third-order valence-corrected chi connectivity index (χ3v) is 7.26. The summed E-state index contributed by atoms with van der Waals surface area (Å²) in [6.07, 6.45) is 0.815. The number of piperidine rings is 1. The summed E-state index contributed by atoms with van der Waals surface area (Å²) < 4.78 is 32.2. The van der Waals surface area contributed by atoms with E-state index in [-0.39, 0.29) is 35.7 Å². The molecule has 1 saturated heterocycles. The minimum Gasteiger partial charge on any atom is -0.497 e. The highest BCUT2D eigenvalue weighted by Gasteiger charge is 2.32. The maximum absolute atomic E-state index is 12.9. The van der Waals surface area contributed by atoms with E-state index in [1.54, 1.807) is 50.5 Å². The highest BCUT2D eigenvalue weighted by atomic mass is 32.2. The molecule has 0 radical (unpaired) electrons. The van der Waals surface area contributed by atoms with Gasteiger partial charge in [-0.1, -0.05) is 12.1 Å². The van der Waals surface area contributed by atoms with Gasteiger partial charge in [-0.05, 0) is 49.2 Å². The van der Waals surface area contributed by atoms with E-state index in [2.05, 4.69) is 5.32 Å². The number of methoxy groups -OCH3 is 1. The Morgan fingerprint density at radius 3 is 2.23 bits per heavy atom. The highest BCUT2D eigenvalue weighted by Crippen LogP contribution is 2.26. The molecular formula is C22H27N3O5S. The second-order valence-electron chi connectivity index (χ2n) is 7.59. The van der Waals surface area contributed by atoms with Crippen molar-refractivity contribution in [3.8, 4) is 5.75 Å².